The molecule has 0 spiro atoms. The molecule has 0 unspecified atom stereocenters. The van der Waals surface area contributed by atoms with Gasteiger partial charge in [-0.25, -0.2) is 4.79 Å². The van der Waals surface area contributed by atoms with Crippen molar-refractivity contribution in [3.05, 3.63) is 59.7 Å². The summed E-state index contributed by atoms with van der Waals surface area (Å²) < 4.78 is 5.50. The number of amides is 2. The van der Waals surface area contributed by atoms with Crippen molar-refractivity contribution in [1.82, 2.24) is 5.32 Å². The predicted molar refractivity (Wildman–Crippen MR) is 84.9 cm³/mol. The minimum atomic E-state index is -0.227. The molecule has 0 saturated carbocycles. The fourth-order valence-corrected chi connectivity index (χ4v) is 1.84. The first-order chi connectivity index (χ1) is 10.1. The molecule has 110 valence electrons. The molecule has 0 aliphatic carbocycles. The van der Waals surface area contributed by atoms with Gasteiger partial charge in [0.15, 0.2) is 0 Å². The van der Waals surface area contributed by atoms with Crippen LogP contribution in [0, 0.1) is 13.8 Å². The van der Waals surface area contributed by atoms with Crippen molar-refractivity contribution >= 4 is 11.7 Å². The lowest BCUT2D eigenvalue weighted by Crippen LogP contribution is -2.32. The quantitative estimate of drug-likeness (QED) is 0.826. The summed E-state index contributed by atoms with van der Waals surface area (Å²) in [6.07, 6.45) is 0. The van der Waals surface area contributed by atoms with Crippen molar-refractivity contribution in [3.8, 4) is 5.75 Å². The monoisotopic (exact) mass is 284 g/mol. The molecule has 2 amide bonds. The average Bonchev–Trinajstić information content (AvgIpc) is 2.49. The van der Waals surface area contributed by atoms with Gasteiger partial charge >= 0.3 is 6.03 Å². The molecule has 2 aromatic carbocycles. The fourth-order valence-electron chi connectivity index (χ4n) is 1.84. The zero-order chi connectivity index (χ0) is 15.1. The molecule has 0 aromatic heterocycles. The Kier molecular flexibility index (Phi) is 5.21. The maximum absolute atomic E-state index is 11.7. The summed E-state index contributed by atoms with van der Waals surface area (Å²) >= 11 is 0. The Balaban J connectivity index is 1.71. The summed E-state index contributed by atoms with van der Waals surface area (Å²) in [5, 5.41) is 5.56. The van der Waals surface area contributed by atoms with Gasteiger partial charge in [0.05, 0.1) is 6.54 Å². The maximum atomic E-state index is 11.7. The van der Waals surface area contributed by atoms with Crippen LogP contribution in [0.15, 0.2) is 48.5 Å². The molecule has 2 rings (SSSR count). The van der Waals surface area contributed by atoms with E-state index in [4.69, 9.17) is 4.74 Å². The lowest BCUT2D eigenvalue weighted by atomic mass is 10.1. The van der Waals surface area contributed by atoms with E-state index in [1.165, 1.54) is 5.56 Å². The molecule has 4 nitrogen and oxygen atoms in total. The average molecular weight is 284 g/mol. The van der Waals surface area contributed by atoms with Gasteiger partial charge in [-0.3, -0.25) is 0 Å². The number of benzene rings is 2. The van der Waals surface area contributed by atoms with Crippen LogP contribution in [-0.4, -0.2) is 19.2 Å². The number of nitrogens with one attached hydrogen (secondary N) is 2. The van der Waals surface area contributed by atoms with E-state index in [0.717, 1.165) is 17.0 Å². The molecular formula is C17H20N2O2. The Morgan fingerprint density at radius 2 is 1.81 bits per heavy atom. The van der Waals surface area contributed by atoms with E-state index in [1.807, 2.05) is 62.4 Å². The minimum Gasteiger partial charge on any atom is -0.492 e. The van der Waals surface area contributed by atoms with E-state index in [1.54, 1.807) is 0 Å². The third-order valence-electron chi connectivity index (χ3n) is 3.16. The molecule has 21 heavy (non-hydrogen) atoms. The van der Waals surface area contributed by atoms with Crippen molar-refractivity contribution in [2.24, 2.45) is 0 Å². The number of ether oxygens (including phenoxy) is 1. The molecule has 4 heteroatoms. The minimum absolute atomic E-state index is 0.227. The Morgan fingerprint density at radius 1 is 1.05 bits per heavy atom. The van der Waals surface area contributed by atoms with Crippen LogP contribution >= 0.6 is 0 Å². The second-order valence-corrected chi connectivity index (χ2v) is 4.84. The third-order valence-corrected chi connectivity index (χ3v) is 3.16. The number of urea groups is 1. The summed E-state index contributed by atoms with van der Waals surface area (Å²) in [7, 11) is 0. The molecule has 2 N–H and O–H groups in total. The van der Waals surface area contributed by atoms with E-state index in [-0.39, 0.29) is 6.03 Å². The Morgan fingerprint density at radius 3 is 2.52 bits per heavy atom. The van der Waals surface area contributed by atoms with E-state index < -0.39 is 0 Å². The highest BCUT2D eigenvalue weighted by Gasteiger charge is 2.02. The van der Waals surface area contributed by atoms with Crippen LogP contribution in [0.3, 0.4) is 0 Å². The second kappa shape index (κ2) is 7.33. The number of anilines is 1. The molecule has 2 aromatic rings. The SMILES string of the molecule is Cc1ccc(NC(=O)NCCOc2ccccc2)cc1C. The topological polar surface area (TPSA) is 50.4 Å². The van der Waals surface area contributed by atoms with Crippen molar-refractivity contribution in [3.63, 3.8) is 0 Å². The Bertz CT molecular complexity index is 597. The van der Waals surface area contributed by atoms with Gasteiger partial charge in [-0.15, -0.1) is 0 Å². The smallest absolute Gasteiger partial charge is 0.319 e. The molecule has 0 heterocycles. The maximum Gasteiger partial charge on any atom is 0.319 e. The highest BCUT2D eigenvalue weighted by atomic mass is 16.5. The van der Waals surface area contributed by atoms with Crippen molar-refractivity contribution in [2.75, 3.05) is 18.5 Å². The molecule has 0 aliphatic rings. The van der Waals surface area contributed by atoms with Gasteiger partial charge < -0.3 is 15.4 Å². The normalized spacial score (nSPS) is 10.0. The summed E-state index contributed by atoms with van der Waals surface area (Å²) in [5.74, 6) is 0.800. The molecule has 0 atom stereocenters. The predicted octanol–water partition coefficient (Wildman–Crippen LogP) is 3.50. The highest BCUT2D eigenvalue weighted by Crippen LogP contribution is 2.13. The Labute approximate surface area is 125 Å². The zero-order valence-corrected chi connectivity index (χ0v) is 12.3. The number of carbonyl (C=O) groups excluding carboxylic acids is 1. The summed E-state index contributed by atoms with van der Waals surface area (Å²) in [6.45, 7) is 4.95. The summed E-state index contributed by atoms with van der Waals surface area (Å²) in [5.41, 5.74) is 3.15. The van der Waals surface area contributed by atoms with Gasteiger partial charge in [-0.1, -0.05) is 24.3 Å². The summed E-state index contributed by atoms with van der Waals surface area (Å²) in [4.78, 5) is 11.7. The van der Waals surface area contributed by atoms with Crippen LogP contribution in [0.25, 0.3) is 0 Å². The van der Waals surface area contributed by atoms with Gasteiger partial charge in [0, 0.05) is 5.69 Å². The lowest BCUT2D eigenvalue weighted by molar-refractivity contribution is 0.247. The van der Waals surface area contributed by atoms with E-state index in [0.29, 0.717) is 13.2 Å². The van der Waals surface area contributed by atoms with E-state index in [9.17, 15) is 4.79 Å². The summed E-state index contributed by atoms with van der Waals surface area (Å²) in [6, 6.07) is 15.1. The van der Waals surface area contributed by atoms with Gasteiger partial charge in [0.1, 0.15) is 12.4 Å². The molecule has 0 saturated heterocycles. The molecule has 0 radical (unpaired) electrons. The van der Waals surface area contributed by atoms with Crippen molar-refractivity contribution in [2.45, 2.75) is 13.8 Å². The van der Waals surface area contributed by atoms with Gasteiger partial charge in [0.25, 0.3) is 0 Å². The lowest BCUT2D eigenvalue weighted by Gasteiger charge is -2.10. The van der Waals surface area contributed by atoms with Gasteiger partial charge in [-0.2, -0.15) is 0 Å². The molecular weight excluding hydrogens is 264 g/mol. The van der Waals surface area contributed by atoms with Crippen molar-refractivity contribution in [1.29, 1.82) is 0 Å². The first kappa shape index (κ1) is 14.9. The van der Waals surface area contributed by atoms with Crippen LogP contribution in [0.1, 0.15) is 11.1 Å². The van der Waals surface area contributed by atoms with Crippen LogP contribution < -0.4 is 15.4 Å². The van der Waals surface area contributed by atoms with Gasteiger partial charge in [-0.05, 0) is 49.2 Å². The number of carbonyl (C=O) groups is 1. The van der Waals surface area contributed by atoms with Crippen LogP contribution in [0.5, 0.6) is 5.75 Å². The molecule has 0 bridgehead atoms. The van der Waals surface area contributed by atoms with E-state index in [2.05, 4.69) is 10.6 Å². The third kappa shape index (κ3) is 4.84. The number of hydrogen-bond acceptors (Lipinski definition) is 2. The van der Waals surface area contributed by atoms with Crippen molar-refractivity contribution < 1.29 is 9.53 Å². The largest absolute Gasteiger partial charge is 0.492 e. The van der Waals surface area contributed by atoms with Gasteiger partial charge in [0.2, 0.25) is 0 Å². The highest BCUT2D eigenvalue weighted by molar-refractivity contribution is 5.89. The first-order valence-corrected chi connectivity index (χ1v) is 6.95. The number of aryl methyl sites for hydroxylation is 2. The number of rotatable bonds is 5. The number of hydrogen-bond donors (Lipinski definition) is 2. The van der Waals surface area contributed by atoms with Crippen LogP contribution in [-0.2, 0) is 0 Å². The standard InChI is InChI=1S/C17H20N2O2/c1-13-8-9-15(12-14(13)2)19-17(20)18-10-11-21-16-6-4-3-5-7-16/h3-9,12H,10-11H2,1-2H3,(H2,18,19,20). The molecule has 0 fully saturated rings. The zero-order valence-electron chi connectivity index (χ0n) is 12.3. The molecule has 0 aliphatic heterocycles. The second-order valence-electron chi connectivity index (χ2n) is 4.84. The fraction of sp³-hybridized carbons (Fsp3) is 0.235. The number of para-hydroxylation sites is 1. The van der Waals surface area contributed by atoms with Crippen LogP contribution in [0.2, 0.25) is 0 Å². The van der Waals surface area contributed by atoms with Crippen LogP contribution in [0.4, 0.5) is 10.5 Å². The van der Waals surface area contributed by atoms with E-state index >= 15 is 0 Å². The first-order valence-electron chi connectivity index (χ1n) is 6.95. The Hall–Kier alpha value is -2.49.